The van der Waals surface area contributed by atoms with Gasteiger partial charge in [-0.25, -0.2) is 9.97 Å². The fourth-order valence-electron chi connectivity index (χ4n) is 3.43. The van der Waals surface area contributed by atoms with Crippen molar-refractivity contribution < 1.29 is 13.2 Å². The van der Waals surface area contributed by atoms with E-state index in [2.05, 4.69) is 25.6 Å². The number of alkyl halides is 3. The lowest BCUT2D eigenvalue weighted by atomic mass is 10.1. The van der Waals surface area contributed by atoms with E-state index < -0.39 is 11.7 Å². The Morgan fingerprint density at radius 1 is 1.36 bits per heavy atom. The highest BCUT2D eigenvalue weighted by Crippen LogP contribution is 2.38. The van der Waals surface area contributed by atoms with Crippen molar-refractivity contribution >= 4 is 16.9 Å². The van der Waals surface area contributed by atoms with Crippen LogP contribution in [0.2, 0.25) is 0 Å². The number of pyridine rings is 1. The second kappa shape index (κ2) is 6.93. The largest absolute Gasteiger partial charge is 0.419 e. The molecule has 7 nitrogen and oxygen atoms in total. The topological polar surface area (TPSA) is 87.6 Å². The molecule has 3 aromatic rings. The number of piperidine rings is 1. The van der Waals surface area contributed by atoms with Crippen molar-refractivity contribution in [2.75, 3.05) is 18.4 Å². The Morgan fingerprint density at radius 2 is 2.18 bits per heavy atom. The molecule has 0 amide bonds. The maximum atomic E-state index is 13.6. The van der Waals surface area contributed by atoms with Gasteiger partial charge in [0.05, 0.1) is 5.69 Å². The quantitative estimate of drug-likeness (QED) is 0.638. The van der Waals surface area contributed by atoms with Gasteiger partial charge in [0, 0.05) is 49.2 Å². The highest BCUT2D eigenvalue weighted by molar-refractivity contribution is 5.94. The fourth-order valence-corrected chi connectivity index (χ4v) is 3.43. The highest BCUT2D eigenvalue weighted by Gasteiger charge is 2.36. The van der Waals surface area contributed by atoms with E-state index in [0.29, 0.717) is 11.9 Å². The molecule has 1 aliphatic heterocycles. The number of halogens is 3. The van der Waals surface area contributed by atoms with Gasteiger partial charge >= 0.3 is 6.18 Å². The third kappa shape index (κ3) is 3.35. The molecule has 1 aliphatic rings. The van der Waals surface area contributed by atoms with Crippen LogP contribution >= 0.6 is 0 Å². The first-order chi connectivity index (χ1) is 13.3. The maximum absolute atomic E-state index is 13.6. The number of aromatic amines is 1. The van der Waals surface area contributed by atoms with Crippen LogP contribution in [0.3, 0.4) is 0 Å². The van der Waals surface area contributed by atoms with Gasteiger partial charge in [0.15, 0.2) is 0 Å². The summed E-state index contributed by atoms with van der Waals surface area (Å²) in [5.41, 5.74) is -1.07. The molecule has 4 rings (SSSR count). The minimum absolute atomic E-state index is 0.0496. The fraction of sp³-hybridized carbons (Fsp3) is 0.389. The zero-order chi connectivity index (χ0) is 19.9. The highest BCUT2D eigenvalue weighted by atomic mass is 19.4. The monoisotopic (exact) mass is 392 g/mol. The number of aromatic nitrogens is 4. The molecule has 10 heteroatoms. The summed E-state index contributed by atoms with van der Waals surface area (Å²) in [7, 11) is 1.58. The van der Waals surface area contributed by atoms with Crippen LogP contribution in [-0.2, 0) is 13.2 Å². The average Bonchev–Trinajstić information content (AvgIpc) is 3.09. The molecule has 1 saturated heterocycles. The molecule has 148 valence electrons. The molecule has 28 heavy (non-hydrogen) atoms. The van der Waals surface area contributed by atoms with Gasteiger partial charge in [-0.1, -0.05) is 0 Å². The predicted octanol–water partition coefficient (Wildman–Crippen LogP) is 2.51. The minimum atomic E-state index is -4.62. The Morgan fingerprint density at radius 3 is 2.89 bits per heavy atom. The molecule has 0 spiro atoms. The molecular weight excluding hydrogens is 373 g/mol. The molecule has 0 saturated carbocycles. The Hall–Kier alpha value is -2.88. The van der Waals surface area contributed by atoms with Crippen LogP contribution in [0, 0.1) is 0 Å². The van der Waals surface area contributed by atoms with Gasteiger partial charge in [0.2, 0.25) is 5.95 Å². The summed E-state index contributed by atoms with van der Waals surface area (Å²) in [6, 6.07) is 1.65. The average molecular weight is 392 g/mol. The molecule has 0 unspecified atom stereocenters. The standard InChI is InChI=1S/C18H19F3N6O/c1-27-6-4-11-12(8-23-15(11)16(27)28)14-13(18(19,20)21)9-24-17(26-14)25-10-3-2-5-22-7-10/h4,6,8-10,22-23H,2-3,5,7H2,1H3,(H,24,25,26)/t10-/m0/s1. The van der Waals surface area contributed by atoms with E-state index in [4.69, 9.17) is 0 Å². The number of hydrogen-bond donors (Lipinski definition) is 3. The number of fused-ring (bicyclic) bond motifs is 1. The Labute approximate surface area is 158 Å². The molecule has 0 aromatic carbocycles. The van der Waals surface area contributed by atoms with Gasteiger partial charge in [-0.05, 0) is 25.5 Å². The van der Waals surface area contributed by atoms with Crippen LogP contribution in [0.15, 0.2) is 29.5 Å². The van der Waals surface area contributed by atoms with Crippen LogP contribution in [0.5, 0.6) is 0 Å². The maximum Gasteiger partial charge on any atom is 0.419 e. The van der Waals surface area contributed by atoms with E-state index in [1.807, 2.05) is 0 Å². The third-order valence-electron chi connectivity index (χ3n) is 4.90. The van der Waals surface area contributed by atoms with E-state index in [1.165, 1.54) is 17.0 Å². The summed E-state index contributed by atoms with van der Waals surface area (Å²) in [5.74, 6) is 0.134. The summed E-state index contributed by atoms with van der Waals surface area (Å²) in [4.78, 5) is 23.1. The minimum Gasteiger partial charge on any atom is -0.356 e. The number of nitrogens with zero attached hydrogens (tertiary/aromatic N) is 3. The van der Waals surface area contributed by atoms with Crippen LogP contribution in [0.4, 0.5) is 19.1 Å². The van der Waals surface area contributed by atoms with Crippen molar-refractivity contribution in [3.63, 3.8) is 0 Å². The van der Waals surface area contributed by atoms with Crippen molar-refractivity contribution in [3.8, 4) is 11.3 Å². The van der Waals surface area contributed by atoms with Crippen LogP contribution in [0.1, 0.15) is 18.4 Å². The van der Waals surface area contributed by atoms with Gasteiger partial charge < -0.3 is 20.2 Å². The Balaban J connectivity index is 1.83. The van der Waals surface area contributed by atoms with Crippen LogP contribution in [-0.4, -0.2) is 38.7 Å². The number of nitrogens with one attached hydrogen (secondary N) is 3. The molecule has 0 bridgehead atoms. The molecule has 1 fully saturated rings. The van der Waals surface area contributed by atoms with Gasteiger partial charge in [0.25, 0.3) is 5.56 Å². The van der Waals surface area contributed by atoms with Gasteiger partial charge in [-0.2, -0.15) is 13.2 Å². The lowest BCUT2D eigenvalue weighted by molar-refractivity contribution is -0.137. The lowest BCUT2D eigenvalue weighted by Crippen LogP contribution is -2.38. The van der Waals surface area contributed by atoms with Crippen molar-refractivity contribution in [1.29, 1.82) is 0 Å². The number of aryl methyl sites for hydroxylation is 1. The number of hydrogen-bond acceptors (Lipinski definition) is 5. The summed E-state index contributed by atoms with van der Waals surface area (Å²) in [5, 5.41) is 6.72. The van der Waals surface area contributed by atoms with Crippen molar-refractivity contribution in [2.45, 2.75) is 25.1 Å². The van der Waals surface area contributed by atoms with Crippen molar-refractivity contribution in [2.24, 2.45) is 7.05 Å². The Bertz CT molecular complexity index is 1070. The first-order valence-corrected chi connectivity index (χ1v) is 8.93. The van der Waals surface area contributed by atoms with E-state index in [9.17, 15) is 18.0 Å². The second-order valence-electron chi connectivity index (χ2n) is 6.86. The number of H-pyrrole nitrogens is 1. The van der Waals surface area contributed by atoms with Crippen molar-refractivity contribution in [3.05, 3.63) is 40.6 Å². The van der Waals surface area contributed by atoms with E-state index >= 15 is 0 Å². The van der Waals surface area contributed by atoms with E-state index in [0.717, 1.165) is 25.6 Å². The summed E-state index contributed by atoms with van der Waals surface area (Å²) >= 11 is 0. The molecule has 3 aromatic heterocycles. The number of rotatable bonds is 3. The first-order valence-electron chi connectivity index (χ1n) is 8.93. The van der Waals surface area contributed by atoms with Crippen molar-refractivity contribution in [1.82, 2.24) is 24.8 Å². The predicted molar refractivity (Wildman–Crippen MR) is 99.1 cm³/mol. The summed E-state index contributed by atoms with van der Waals surface area (Å²) < 4.78 is 42.1. The van der Waals surface area contributed by atoms with Crippen LogP contribution < -0.4 is 16.2 Å². The first kappa shape index (κ1) is 18.5. The molecule has 3 N–H and O–H groups in total. The van der Waals surface area contributed by atoms with Gasteiger partial charge in [-0.3, -0.25) is 4.79 Å². The van der Waals surface area contributed by atoms with E-state index in [1.54, 1.807) is 13.1 Å². The zero-order valence-corrected chi connectivity index (χ0v) is 15.1. The molecular formula is C18H19F3N6O. The lowest BCUT2D eigenvalue weighted by Gasteiger charge is -2.24. The summed E-state index contributed by atoms with van der Waals surface area (Å²) in [6.45, 7) is 1.62. The second-order valence-corrected chi connectivity index (χ2v) is 6.86. The van der Waals surface area contributed by atoms with Gasteiger partial charge in [-0.15, -0.1) is 0 Å². The molecule has 1 atom stereocenters. The zero-order valence-electron chi connectivity index (χ0n) is 15.1. The SMILES string of the molecule is Cn1ccc2c(-c3nc(N[C@H]4CCCNC4)ncc3C(F)(F)F)c[nH]c2c1=O. The number of anilines is 1. The van der Waals surface area contributed by atoms with Crippen LogP contribution in [0.25, 0.3) is 22.2 Å². The molecule has 0 aliphatic carbocycles. The normalized spacial score (nSPS) is 17.8. The summed E-state index contributed by atoms with van der Waals surface area (Å²) in [6.07, 6.45) is 0.927. The molecule has 4 heterocycles. The van der Waals surface area contributed by atoms with E-state index in [-0.39, 0.29) is 34.3 Å². The smallest absolute Gasteiger partial charge is 0.356 e. The molecule has 0 radical (unpaired) electrons. The van der Waals surface area contributed by atoms with Gasteiger partial charge in [0.1, 0.15) is 11.1 Å². The third-order valence-corrected chi connectivity index (χ3v) is 4.90. The Kier molecular flexibility index (Phi) is 4.58.